The van der Waals surface area contributed by atoms with Crippen molar-refractivity contribution in [1.82, 2.24) is 10.6 Å². The van der Waals surface area contributed by atoms with Crippen LogP contribution >= 0.6 is 0 Å². The lowest BCUT2D eigenvalue weighted by atomic mass is 9.86. The summed E-state index contributed by atoms with van der Waals surface area (Å²) in [4.78, 5) is 11.8. The van der Waals surface area contributed by atoms with E-state index in [-0.39, 0.29) is 17.9 Å². The number of hydrogen-bond donors (Lipinski definition) is 2. The molecule has 110 valence electrons. The monoisotopic (exact) mass is 278 g/mol. The van der Waals surface area contributed by atoms with Gasteiger partial charge >= 0.3 is 6.03 Å². The van der Waals surface area contributed by atoms with Crippen molar-refractivity contribution in [3.8, 4) is 0 Å². The highest BCUT2D eigenvalue weighted by atomic mass is 19.1. The summed E-state index contributed by atoms with van der Waals surface area (Å²) in [5.74, 6) is 0.330. The van der Waals surface area contributed by atoms with Gasteiger partial charge in [-0.1, -0.05) is 38.0 Å². The molecule has 2 N–H and O–H groups in total. The third-order valence-electron chi connectivity index (χ3n) is 4.07. The molecule has 0 unspecified atom stereocenters. The van der Waals surface area contributed by atoms with Gasteiger partial charge in [0.15, 0.2) is 0 Å². The Morgan fingerprint density at radius 3 is 2.80 bits per heavy atom. The minimum absolute atomic E-state index is 0.139. The number of halogens is 1. The van der Waals surface area contributed by atoms with E-state index in [1.807, 2.05) is 6.07 Å². The minimum Gasteiger partial charge on any atom is -0.338 e. The molecule has 3 nitrogen and oxygen atoms in total. The number of carbonyl (C=O) groups excluding carboxylic acids is 1. The third kappa shape index (κ3) is 4.22. The molecule has 2 amide bonds. The molecule has 1 aromatic carbocycles. The molecule has 1 aliphatic carbocycles. The van der Waals surface area contributed by atoms with Crippen LogP contribution in [0.5, 0.6) is 0 Å². The normalized spacial score (nSPS) is 22.3. The zero-order chi connectivity index (χ0) is 14.4. The molecule has 0 heterocycles. The van der Waals surface area contributed by atoms with Crippen LogP contribution < -0.4 is 10.6 Å². The van der Waals surface area contributed by atoms with Crippen LogP contribution in [0.1, 0.15) is 38.2 Å². The van der Waals surface area contributed by atoms with E-state index in [1.54, 1.807) is 12.1 Å². The molecule has 0 aromatic heterocycles. The summed E-state index contributed by atoms with van der Waals surface area (Å²) in [7, 11) is 0. The highest BCUT2D eigenvalue weighted by molar-refractivity contribution is 5.74. The maximum Gasteiger partial charge on any atom is 0.315 e. The van der Waals surface area contributed by atoms with Gasteiger partial charge in [-0.15, -0.1) is 0 Å². The lowest BCUT2D eigenvalue weighted by molar-refractivity contribution is 0.222. The van der Waals surface area contributed by atoms with E-state index in [0.717, 1.165) is 6.42 Å². The second kappa shape index (κ2) is 7.27. The van der Waals surface area contributed by atoms with E-state index < -0.39 is 0 Å². The van der Waals surface area contributed by atoms with Gasteiger partial charge in [0.1, 0.15) is 5.82 Å². The van der Waals surface area contributed by atoms with E-state index in [1.165, 1.54) is 25.3 Å². The molecule has 1 fully saturated rings. The number of hydrogen-bond acceptors (Lipinski definition) is 1. The van der Waals surface area contributed by atoms with Crippen LogP contribution in [0.4, 0.5) is 9.18 Å². The molecular weight excluding hydrogens is 255 g/mol. The number of benzene rings is 1. The van der Waals surface area contributed by atoms with Crippen molar-refractivity contribution < 1.29 is 9.18 Å². The van der Waals surface area contributed by atoms with Crippen LogP contribution in [0.25, 0.3) is 0 Å². The minimum atomic E-state index is -0.212. The van der Waals surface area contributed by atoms with E-state index in [9.17, 15) is 9.18 Å². The van der Waals surface area contributed by atoms with Crippen molar-refractivity contribution in [3.63, 3.8) is 0 Å². The van der Waals surface area contributed by atoms with Gasteiger partial charge in [0.05, 0.1) is 0 Å². The van der Waals surface area contributed by atoms with Gasteiger partial charge in [-0.25, -0.2) is 9.18 Å². The lowest BCUT2D eigenvalue weighted by Gasteiger charge is -2.29. The zero-order valence-corrected chi connectivity index (χ0v) is 12.0. The van der Waals surface area contributed by atoms with Crippen LogP contribution in [-0.2, 0) is 6.42 Å². The van der Waals surface area contributed by atoms with Crippen molar-refractivity contribution in [3.05, 3.63) is 35.6 Å². The maximum absolute atomic E-state index is 13.4. The van der Waals surface area contributed by atoms with Gasteiger partial charge < -0.3 is 10.6 Å². The molecule has 1 aliphatic rings. The molecule has 1 saturated carbocycles. The summed E-state index contributed by atoms with van der Waals surface area (Å²) in [6, 6.07) is 6.81. The highest BCUT2D eigenvalue weighted by Gasteiger charge is 2.22. The fourth-order valence-electron chi connectivity index (χ4n) is 2.76. The smallest absolute Gasteiger partial charge is 0.315 e. The van der Waals surface area contributed by atoms with Crippen molar-refractivity contribution in [2.24, 2.45) is 5.92 Å². The molecule has 0 radical (unpaired) electrons. The van der Waals surface area contributed by atoms with E-state index >= 15 is 0 Å². The number of rotatable bonds is 4. The van der Waals surface area contributed by atoms with Gasteiger partial charge in [0, 0.05) is 12.6 Å². The maximum atomic E-state index is 13.4. The predicted octanol–water partition coefficient (Wildman–Crippen LogP) is 3.25. The third-order valence-corrected chi connectivity index (χ3v) is 4.07. The van der Waals surface area contributed by atoms with Crippen LogP contribution in [-0.4, -0.2) is 18.6 Å². The topological polar surface area (TPSA) is 41.1 Å². The van der Waals surface area contributed by atoms with Crippen molar-refractivity contribution in [1.29, 1.82) is 0 Å². The van der Waals surface area contributed by atoms with Gasteiger partial charge in [-0.05, 0) is 36.8 Å². The van der Waals surface area contributed by atoms with Crippen LogP contribution in [0.3, 0.4) is 0 Å². The molecule has 2 atom stereocenters. The van der Waals surface area contributed by atoms with E-state index in [2.05, 4.69) is 17.6 Å². The Hall–Kier alpha value is -1.58. The summed E-state index contributed by atoms with van der Waals surface area (Å²) >= 11 is 0. The van der Waals surface area contributed by atoms with Crippen LogP contribution in [0.2, 0.25) is 0 Å². The summed E-state index contributed by atoms with van der Waals surface area (Å²) in [6.45, 7) is 2.64. The first-order valence-corrected chi connectivity index (χ1v) is 7.44. The fourth-order valence-corrected chi connectivity index (χ4v) is 2.76. The Bertz CT molecular complexity index is 450. The molecular formula is C16H23FN2O. The lowest BCUT2D eigenvalue weighted by Crippen LogP contribution is -2.46. The predicted molar refractivity (Wildman–Crippen MR) is 78.1 cm³/mol. The summed E-state index contributed by atoms with van der Waals surface area (Å²) in [6.07, 6.45) is 5.20. The van der Waals surface area contributed by atoms with Gasteiger partial charge in [0.25, 0.3) is 0 Å². The fraction of sp³-hybridized carbons (Fsp3) is 0.562. The summed E-state index contributed by atoms with van der Waals surface area (Å²) < 4.78 is 13.4. The van der Waals surface area contributed by atoms with Crippen molar-refractivity contribution >= 4 is 6.03 Å². The second-order valence-corrected chi connectivity index (χ2v) is 5.61. The Morgan fingerprint density at radius 1 is 1.30 bits per heavy atom. The SMILES string of the molecule is C[C@H]1CCCC[C@H]1NC(=O)NCCc1ccccc1F. The molecule has 20 heavy (non-hydrogen) atoms. The largest absolute Gasteiger partial charge is 0.338 e. The van der Waals surface area contributed by atoms with E-state index in [0.29, 0.717) is 24.4 Å². The molecule has 0 saturated heterocycles. The molecule has 4 heteroatoms. The second-order valence-electron chi connectivity index (χ2n) is 5.61. The number of carbonyl (C=O) groups is 1. The number of urea groups is 1. The molecule has 0 aliphatic heterocycles. The van der Waals surface area contributed by atoms with Crippen LogP contribution in [0, 0.1) is 11.7 Å². The summed E-state index contributed by atoms with van der Waals surface area (Å²) in [5.41, 5.74) is 0.638. The van der Waals surface area contributed by atoms with Gasteiger partial charge in [-0.3, -0.25) is 0 Å². The molecule has 0 bridgehead atoms. The first-order valence-electron chi connectivity index (χ1n) is 7.44. The standard InChI is InChI=1S/C16H23FN2O/c1-12-6-2-5-9-15(12)19-16(20)18-11-10-13-7-3-4-8-14(13)17/h3-4,7-8,12,15H,2,5-6,9-11H2,1H3,(H2,18,19,20)/t12-,15+/m0/s1. The van der Waals surface area contributed by atoms with Crippen molar-refractivity contribution in [2.75, 3.05) is 6.54 Å². The van der Waals surface area contributed by atoms with Crippen LogP contribution in [0.15, 0.2) is 24.3 Å². The Morgan fingerprint density at radius 2 is 2.05 bits per heavy atom. The Balaban J connectivity index is 1.71. The number of nitrogens with one attached hydrogen (secondary N) is 2. The zero-order valence-electron chi connectivity index (χ0n) is 12.0. The quantitative estimate of drug-likeness (QED) is 0.872. The average Bonchev–Trinajstić information content (AvgIpc) is 2.43. The average molecular weight is 278 g/mol. The molecule has 0 spiro atoms. The first-order chi connectivity index (χ1) is 9.66. The Kier molecular flexibility index (Phi) is 5.39. The Labute approximate surface area is 120 Å². The molecule has 2 rings (SSSR count). The molecule has 1 aromatic rings. The summed E-state index contributed by atoms with van der Waals surface area (Å²) in [5, 5.41) is 5.84. The van der Waals surface area contributed by atoms with Crippen molar-refractivity contribution in [2.45, 2.75) is 45.1 Å². The number of amides is 2. The van der Waals surface area contributed by atoms with E-state index in [4.69, 9.17) is 0 Å². The highest BCUT2D eigenvalue weighted by Crippen LogP contribution is 2.23. The van der Waals surface area contributed by atoms with Gasteiger partial charge in [0.2, 0.25) is 0 Å². The van der Waals surface area contributed by atoms with Gasteiger partial charge in [-0.2, -0.15) is 0 Å². The first kappa shape index (κ1) is 14.8.